The highest BCUT2D eigenvalue weighted by Gasteiger charge is 2.23. The van der Waals surface area contributed by atoms with Gasteiger partial charge >= 0.3 is 0 Å². The second kappa shape index (κ2) is 9.68. The van der Waals surface area contributed by atoms with Gasteiger partial charge in [-0.1, -0.05) is 18.2 Å². The zero-order chi connectivity index (χ0) is 20.7. The van der Waals surface area contributed by atoms with Crippen LogP contribution in [0.2, 0.25) is 0 Å². The molecule has 8 heteroatoms. The summed E-state index contributed by atoms with van der Waals surface area (Å²) in [5, 5.41) is 2.79. The van der Waals surface area contributed by atoms with E-state index in [9.17, 15) is 13.2 Å². The van der Waals surface area contributed by atoms with Crippen molar-refractivity contribution in [2.24, 2.45) is 0 Å². The first-order valence-electron chi connectivity index (χ1n) is 8.80. The standard InChI is InChI=1S/C20H26N2O5S/c1-15-6-5-7-16(2)20(15)21-19(23)14-22(3)28(24,25)18-10-8-17(9-11-18)27-13-12-26-4/h5-11H,12-14H2,1-4H3,(H,21,23). The van der Waals surface area contributed by atoms with Crippen molar-refractivity contribution in [3.8, 4) is 5.75 Å². The summed E-state index contributed by atoms with van der Waals surface area (Å²) in [5.41, 5.74) is 2.54. The molecule has 2 aromatic carbocycles. The van der Waals surface area contributed by atoms with E-state index in [1.807, 2.05) is 32.0 Å². The predicted octanol–water partition coefficient (Wildman–Crippen LogP) is 2.59. The number of nitrogens with one attached hydrogen (secondary N) is 1. The highest BCUT2D eigenvalue weighted by atomic mass is 32.2. The van der Waals surface area contributed by atoms with Gasteiger partial charge in [-0.05, 0) is 49.2 Å². The number of para-hydroxylation sites is 1. The van der Waals surface area contributed by atoms with Gasteiger partial charge in [0.2, 0.25) is 15.9 Å². The van der Waals surface area contributed by atoms with Gasteiger partial charge in [-0.15, -0.1) is 0 Å². The van der Waals surface area contributed by atoms with Gasteiger partial charge in [0, 0.05) is 19.8 Å². The molecule has 0 saturated carbocycles. The summed E-state index contributed by atoms with van der Waals surface area (Å²) in [6, 6.07) is 11.7. The summed E-state index contributed by atoms with van der Waals surface area (Å²) >= 11 is 0. The normalized spacial score (nSPS) is 11.5. The molecule has 1 N–H and O–H groups in total. The number of ether oxygens (including phenoxy) is 2. The van der Waals surface area contributed by atoms with E-state index in [2.05, 4.69) is 5.32 Å². The molecule has 152 valence electrons. The van der Waals surface area contributed by atoms with E-state index in [0.717, 1.165) is 15.4 Å². The molecule has 0 heterocycles. The number of carbonyl (C=O) groups excluding carboxylic acids is 1. The average Bonchev–Trinajstić information content (AvgIpc) is 2.65. The quantitative estimate of drug-likeness (QED) is 0.647. The van der Waals surface area contributed by atoms with Gasteiger partial charge < -0.3 is 14.8 Å². The molecule has 0 aliphatic heterocycles. The molecule has 0 saturated heterocycles. The minimum absolute atomic E-state index is 0.0916. The Balaban J connectivity index is 2.03. The lowest BCUT2D eigenvalue weighted by molar-refractivity contribution is -0.116. The summed E-state index contributed by atoms with van der Waals surface area (Å²) in [5.74, 6) is 0.148. The summed E-state index contributed by atoms with van der Waals surface area (Å²) in [7, 11) is -0.844. The molecule has 0 spiro atoms. The summed E-state index contributed by atoms with van der Waals surface area (Å²) in [4.78, 5) is 12.4. The van der Waals surface area contributed by atoms with E-state index in [1.54, 1.807) is 19.2 Å². The molecular weight excluding hydrogens is 380 g/mol. The molecule has 0 bridgehead atoms. The fraction of sp³-hybridized carbons (Fsp3) is 0.350. The highest BCUT2D eigenvalue weighted by Crippen LogP contribution is 2.21. The number of sulfonamides is 1. The zero-order valence-corrected chi connectivity index (χ0v) is 17.4. The van der Waals surface area contributed by atoms with Crippen molar-refractivity contribution in [3.63, 3.8) is 0 Å². The lowest BCUT2D eigenvalue weighted by Crippen LogP contribution is -2.35. The first-order chi connectivity index (χ1) is 13.3. The molecule has 2 rings (SSSR count). The first kappa shape index (κ1) is 21.9. The van der Waals surface area contributed by atoms with Gasteiger partial charge in [-0.25, -0.2) is 8.42 Å². The SMILES string of the molecule is COCCOc1ccc(S(=O)(=O)N(C)CC(=O)Nc2c(C)cccc2C)cc1. The molecule has 1 amide bonds. The number of aryl methyl sites for hydroxylation is 2. The lowest BCUT2D eigenvalue weighted by Gasteiger charge is -2.18. The van der Waals surface area contributed by atoms with Crippen LogP contribution in [0.15, 0.2) is 47.4 Å². The molecule has 2 aromatic rings. The number of likely N-dealkylation sites (N-methyl/N-ethyl adjacent to an activating group) is 1. The second-order valence-electron chi connectivity index (χ2n) is 6.39. The van der Waals surface area contributed by atoms with Crippen LogP contribution in [0.3, 0.4) is 0 Å². The third kappa shape index (κ3) is 5.54. The summed E-state index contributed by atoms with van der Waals surface area (Å²) < 4.78 is 36.8. The molecule has 0 aliphatic rings. The van der Waals surface area contributed by atoms with Gasteiger partial charge in [0.05, 0.1) is 18.0 Å². The van der Waals surface area contributed by atoms with Crippen molar-refractivity contribution < 1.29 is 22.7 Å². The predicted molar refractivity (Wildman–Crippen MR) is 108 cm³/mol. The van der Waals surface area contributed by atoms with Crippen LogP contribution in [0.5, 0.6) is 5.75 Å². The number of methoxy groups -OCH3 is 1. The monoisotopic (exact) mass is 406 g/mol. The van der Waals surface area contributed by atoms with Gasteiger partial charge in [0.15, 0.2) is 0 Å². The van der Waals surface area contributed by atoms with Crippen LogP contribution in [0.1, 0.15) is 11.1 Å². The molecule has 0 unspecified atom stereocenters. The number of amides is 1. The van der Waals surface area contributed by atoms with Gasteiger partial charge in [0.25, 0.3) is 0 Å². The third-order valence-electron chi connectivity index (χ3n) is 4.20. The topological polar surface area (TPSA) is 84.9 Å². The Labute approximate surface area is 166 Å². The smallest absolute Gasteiger partial charge is 0.243 e. The van der Waals surface area contributed by atoms with Crippen LogP contribution >= 0.6 is 0 Å². The van der Waals surface area contributed by atoms with Crippen molar-refractivity contribution in [2.75, 3.05) is 39.2 Å². The highest BCUT2D eigenvalue weighted by molar-refractivity contribution is 7.89. The van der Waals surface area contributed by atoms with Crippen LogP contribution in [0.4, 0.5) is 5.69 Å². The zero-order valence-electron chi connectivity index (χ0n) is 16.6. The number of rotatable bonds is 9. The number of hydrogen-bond donors (Lipinski definition) is 1. The van der Waals surface area contributed by atoms with E-state index in [-0.39, 0.29) is 11.4 Å². The molecule has 0 aromatic heterocycles. The Kier molecular flexibility index (Phi) is 7.56. The van der Waals surface area contributed by atoms with Crippen LogP contribution in [0, 0.1) is 13.8 Å². The van der Waals surface area contributed by atoms with Crippen molar-refractivity contribution >= 4 is 21.6 Å². The second-order valence-corrected chi connectivity index (χ2v) is 8.43. The van der Waals surface area contributed by atoms with E-state index in [4.69, 9.17) is 9.47 Å². The Morgan fingerprint density at radius 1 is 1.04 bits per heavy atom. The van der Waals surface area contributed by atoms with E-state index in [0.29, 0.717) is 24.7 Å². The summed E-state index contributed by atoms with van der Waals surface area (Å²) in [6.07, 6.45) is 0. The molecule has 0 aliphatic carbocycles. The maximum absolute atomic E-state index is 12.7. The minimum atomic E-state index is -3.80. The van der Waals surface area contributed by atoms with E-state index < -0.39 is 15.9 Å². The van der Waals surface area contributed by atoms with Crippen molar-refractivity contribution in [3.05, 3.63) is 53.6 Å². The largest absolute Gasteiger partial charge is 0.491 e. The van der Waals surface area contributed by atoms with Gasteiger partial charge in [-0.3, -0.25) is 4.79 Å². The van der Waals surface area contributed by atoms with E-state index >= 15 is 0 Å². The maximum Gasteiger partial charge on any atom is 0.243 e. The van der Waals surface area contributed by atoms with Crippen LogP contribution in [-0.4, -0.2) is 52.5 Å². The molecule has 0 fully saturated rings. The van der Waals surface area contributed by atoms with Crippen molar-refractivity contribution in [1.82, 2.24) is 4.31 Å². The summed E-state index contributed by atoms with van der Waals surface area (Å²) in [6.45, 7) is 4.31. The molecule has 28 heavy (non-hydrogen) atoms. The molecular formula is C20H26N2O5S. The Bertz CT molecular complexity index is 890. The van der Waals surface area contributed by atoms with Crippen LogP contribution in [-0.2, 0) is 19.6 Å². The van der Waals surface area contributed by atoms with E-state index in [1.165, 1.54) is 19.2 Å². The minimum Gasteiger partial charge on any atom is -0.491 e. The molecule has 7 nitrogen and oxygen atoms in total. The Morgan fingerprint density at radius 2 is 1.64 bits per heavy atom. The van der Waals surface area contributed by atoms with Gasteiger partial charge in [-0.2, -0.15) is 4.31 Å². The average molecular weight is 407 g/mol. The fourth-order valence-corrected chi connectivity index (χ4v) is 3.74. The number of benzene rings is 2. The fourth-order valence-electron chi connectivity index (χ4n) is 2.61. The van der Waals surface area contributed by atoms with Crippen LogP contribution < -0.4 is 10.1 Å². The Morgan fingerprint density at radius 3 is 2.21 bits per heavy atom. The lowest BCUT2D eigenvalue weighted by atomic mass is 10.1. The first-order valence-corrected chi connectivity index (χ1v) is 10.2. The molecule has 0 atom stereocenters. The maximum atomic E-state index is 12.7. The van der Waals surface area contributed by atoms with Crippen molar-refractivity contribution in [2.45, 2.75) is 18.7 Å². The third-order valence-corrected chi connectivity index (χ3v) is 6.02. The number of carbonyl (C=O) groups is 1. The van der Waals surface area contributed by atoms with Gasteiger partial charge in [0.1, 0.15) is 12.4 Å². The number of nitrogens with zero attached hydrogens (tertiary/aromatic N) is 1. The number of anilines is 1. The van der Waals surface area contributed by atoms with Crippen LogP contribution in [0.25, 0.3) is 0 Å². The number of hydrogen-bond acceptors (Lipinski definition) is 5. The van der Waals surface area contributed by atoms with Crippen molar-refractivity contribution in [1.29, 1.82) is 0 Å². The molecule has 0 radical (unpaired) electrons. The Hall–Kier alpha value is -2.42.